The van der Waals surface area contributed by atoms with Gasteiger partial charge in [0.05, 0.1) is 31.1 Å². The van der Waals surface area contributed by atoms with Crippen LogP contribution in [-0.4, -0.2) is 73.3 Å². The summed E-state index contributed by atoms with van der Waals surface area (Å²) in [6, 6.07) is 10.5. The van der Waals surface area contributed by atoms with Gasteiger partial charge in [0.2, 0.25) is 11.8 Å². The molecule has 0 aromatic heterocycles. The molecule has 0 radical (unpaired) electrons. The second-order valence-corrected chi connectivity index (χ2v) is 12.2. The van der Waals surface area contributed by atoms with Crippen molar-refractivity contribution in [3.05, 3.63) is 77.8 Å². The lowest BCUT2D eigenvalue weighted by Gasteiger charge is -2.17. The lowest BCUT2D eigenvalue weighted by molar-refractivity contribution is -0.177. The van der Waals surface area contributed by atoms with Crippen LogP contribution in [0.3, 0.4) is 0 Å². The molecule has 0 saturated carbocycles. The number of Topliss-reactive ketones (excluding diaryl/α,β-unsaturated/α-hetero) is 1. The molecular formula is C38H43N3O11. The number of nitrogens with zero attached hydrogens (tertiary/aromatic N) is 1. The van der Waals surface area contributed by atoms with Gasteiger partial charge in [-0.05, 0) is 53.3 Å². The molecule has 1 atom stereocenters. The molecule has 0 spiro atoms. The molecule has 1 heterocycles. The number of anilines is 1. The van der Waals surface area contributed by atoms with Crippen LogP contribution in [0.25, 0.3) is 11.1 Å². The maximum Gasteiger partial charge on any atom is 0.533 e. The van der Waals surface area contributed by atoms with Crippen LogP contribution in [0.2, 0.25) is 0 Å². The van der Waals surface area contributed by atoms with Crippen LogP contribution in [0.4, 0.5) is 10.5 Å². The third kappa shape index (κ3) is 10.9. The van der Waals surface area contributed by atoms with Crippen molar-refractivity contribution in [1.82, 2.24) is 10.4 Å². The highest BCUT2D eigenvalue weighted by molar-refractivity contribution is 6.01. The van der Waals surface area contributed by atoms with Crippen LogP contribution in [0, 0.1) is 0 Å². The van der Waals surface area contributed by atoms with Crippen molar-refractivity contribution in [2.45, 2.75) is 70.6 Å². The Morgan fingerprint density at radius 1 is 0.846 bits per heavy atom. The predicted molar refractivity (Wildman–Crippen MR) is 187 cm³/mol. The van der Waals surface area contributed by atoms with Gasteiger partial charge in [0.1, 0.15) is 19.5 Å². The van der Waals surface area contributed by atoms with Gasteiger partial charge in [-0.1, -0.05) is 43.3 Å². The third-order valence-corrected chi connectivity index (χ3v) is 8.39. The van der Waals surface area contributed by atoms with Gasteiger partial charge in [0.25, 0.3) is 11.8 Å². The SMILES string of the molecule is C=C(CC)OCCNC(=O)CCCC(=O)Nc1ccc2c(c1)C(COC(=O)ON1C(=O)CCC1=O)c1cc(C(=O)CCCOC(=C)CC=O)ccc1-2. The Hall–Kier alpha value is -5.79. The molecule has 276 valence electrons. The minimum absolute atomic E-state index is 0.0705. The van der Waals surface area contributed by atoms with Gasteiger partial charge in [0, 0.05) is 55.7 Å². The zero-order valence-electron chi connectivity index (χ0n) is 29.2. The molecule has 1 aliphatic carbocycles. The molecule has 1 fully saturated rings. The standard InChI is InChI=1S/C38H43N3O11/c1-4-24(2)50-20-17-39-34(44)8-5-9-35(45)40-27-11-13-29-28-12-10-26(33(43)7-6-19-49-25(3)16-18-42)21-30(28)32(31(29)22-27)23-51-38(48)52-41-36(46)14-15-37(41)47/h10-13,18,21-22,32H,2-9,14-17,19-20,23H2,1H3,(H,39,44)(H,40,45). The van der Waals surface area contributed by atoms with Crippen LogP contribution in [0.5, 0.6) is 0 Å². The van der Waals surface area contributed by atoms with Crippen molar-refractivity contribution >= 4 is 47.5 Å². The number of amides is 4. The molecule has 52 heavy (non-hydrogen) atoms. The number of nitrogens with one attached hydrogen (secondary N) is 2. The van der Waals surface area contributed by atoms with Crippen molar-refractivity contribution in [3.8, 4) is 11.1 Å². The van der Waals surface area contributed by atoms with E-state index in [9.17, 15) is 33.6 Å². The number of fused-ring (bicyclic) bond motifs is 3. The third-order valence-electron chi connectivity index (χ3n) is 8.39. The first-order valence-electron chi connectivity index (χ1n) is 17.1. The van der Waals surface area contributed by atoms with Gasteiger partial charge in [-0.15, -0.1) is 0 Å². The predicted octanol–water partition coefficient (Wildman–Crippen LogP) is 5.26. The average molecular weight is 718 g/mol. The smallest absolute Gasteiger partial charge is 0.498 e. The monoisotopic (exact) mass is 717 g/mol. The lowest BCUT2D eigenvalue weighted by atomic mass is 9.94. The fraction of sp³-hybridized carbons (Fsp3) is 0.395. The molecule has 2 N–H and O–H groups in total. The molecule has 2 aromatic carbocycles. The summed E-state index contributed by atoms with van der Waals surface area (Å²) in [5.41, 5.74) is 3.88. The molecule has 2 aromatic rings. The number of allylic oxidation sites excluding steroid dienone is 2. The topological polar surface area (TPSA) is 184 Å². The Kier molecular flexibility index (Phi) is 14.2. The fourth-order valence-electron chi connectivity index (χ4n) is 5.66. The van der Waals surface area contributed by atoms with E-state index in [1.165, 1.54) is 0 Å². The highest BCUT2D eigenvalue weighted by atomic mass is 16.8. The molecule has 4 amide bonds. The zero-order valence-corrected chi connectivity index (χ0v) is 29.2. The van der Waals surface area contributed by atoms with Crippen molar-refractivity contribution < 1.29 is 52.6 Å². The number of carbonyl (C=O) groups excluding carboxylic acids is 7. The van der Waals surface area contributed by atoms with Crippen molar-refractivity contribution in [2.24, 2.45) is 0 Å². The number of ether oxygens (including phenoxy) is 3. The number of benzene rings is 2. The van der Waals surface area contributed by atoms with Crippen LogP contribution in [-0.2, 0) is 43.0 Å². The van der Waals surface area contributed by atoms with E-state index in [0.717, 1.165) is 11.1 Å². The van der Waals surface area contributed by atoms with E-state index in [2.05, 4.69) is 23.8 Å². The number of hydrogen-bond acceptors (Lipinski definition) is 11. The summed E-state index contributed by atoms with van der Waals surface area (Å²) in [4.78, 5) is 90.0. The van der Waals surface area contributed by atoms with Gasteiger partial charge in [0.15, 0.2) is 5.78 Å². The molecule has 1 saturated heterocycles. The van der Waals surface area contributed by atoms with Crippen LogP contribution in [0.1, 0.15) is 92.1 Å². The minimum Gasteiger partial charge on any atom is -0.498 e. The second kappa shape index (κ2) is 19.0. The first kappa shape index (κ1) is 39.0. The molecule has 1 aliphatic heterocycles. The highest BCUT2D eigenvalue weighted by Gasteiger charge is 2.35. The summed E-state index contributed by atoms with van der Waals surface area (Å²) < 4.78 is 16.1. The summed E-state index contributed by atoms with van der Waals surface area (Å²) in [6.07, 6.45) is 1.24. The summed E-state index contributed by atoms with van der Waals surface area (Å²) in [5, 5.41) is 5.99. The Morgan fingerprint density at radius 2 is 1.52 bits per heavy atom. The molecule has 14 nitrogen and oxygen atoms in total. The molecular weight excluding hydrogens is 674 g/mol. The minimum atomic E-state index is -1.24. The van der Waals surface area contributed by atoms with E-state index in [1.54, 1.807) is 30.3 Å². The summed E-state index contributed by atoms with van der Waals surface area (Å²) in [5.74, 6) is -1.56. The van der Waals surface area contributed by atoms with Crippen LogP contribution < -0.4 is 10.6 Å². The Bertz CT molecular complexity index is 1720. The van der Waals surface area contributed by atoms with Gasteiger partial charge < -0.3 is 29.6 Å². The summed E-state index contributed by atoms with van der Waals surface area (Å²) in [7, 11) is 0. The van der Waals surface area contributed by atoms with Crippen molar-refractivity contribution in [2.75, 3.05) is 31.7 Å². The molecule has 2 aliphatic rings. The van der Waals surface area contributed by atoms with E-state index in [-0.39, 0.29) is 69.3 Å². The fourth-order valence-corrected chi connectivity index (χ4v) is 5.66. The number of carbonyl (C=O) groups is 7. The van der Waals surface area contributed by atoms with E-state index in [4.69, 9.17) is 19.0 Å². The zero-order chi connectivity index (χ0) is 37.6. The van der Waals surface area contributed by atoms with E-state index in [1.807, 2.05) is 13.0 Å². The van der Waals surface area contributed by atoms with E-state index < -0.39 is 23.9 Å². The van der Waals surface area contributed by atoms with Crippen LogP contribution >= 0.6 is 0 Å². The largest absolute Gasteiger partial charge is 0.533 e. The highest BCUT2D eigenvalue weighted by Crippen LogP contribution is 2.46. The first-order chi connectivity index (χ1) is 25.0. The normalized spacial score (nSPS) is 14.2. The van der Waals surface area contributed by atoms with E-state index in [0.29, 0.717) is 77.7 Å². The van der Waals surface area contributed by atoms with Gasteiger partial charge >= 0.3 is 6.16 Å². The maximum absolute atomic E-state index is 13.1. The Balaban J connectivity index is 1.42. The number of imide groups is 1. The molecule has 1 unspecified atom stereocenters. The van der Waals surface area contributed by atoms with Crippen molar-refractivity contribution in [1.29, 1.82) is 0 Å². The quantitative estimate of drug-likeness (QED) is 0.0429. The van der Waals surface area contributed by atoms with Crippen LogP contribution in [0.15, 0.2) is 61.1 Å². The number of rotatable bonds is 21. The Labute approximate surface area is 301 Å². The van der Waals surface area contributed by atoms with Gasteiger partial charge in [-0.3, -0.25) is 28.8 Å². The van der Waals surface area contributed by atoms with Crippen molar-refractivity contribution in [3.63, 3.8) is 0 Å². The van der Waals surface area contributed by atoms with Gasteiger partial charge in [-0.2, -0.15) is 0 Å². The number of aldehydes is 1. The molecule has 14 heteroatoms. The van der Waals surface area contributed by atoms with Gasteiger partial charge in [-0.25, -0.2) is 4.79 Å². The number of ketones is 1. The summed E-state index contributed by atoms with van der Waals surface area (Å²) >= 11 is 0. The molecule has 0 bridgehead atoms. The average Bonchev–Trinajstić information content (AvgIpc) is 3.61. The first-order valence-corrected chi connectivity index (χ1v) is 17.1. The Morgan fingerprint density at radius 3 is 2.23 bits per heavy atom. The number of hydroxylamine groups is 2. The lowest BCUT2D eigenvalue weighted by Crippen LogP contribution is -2.32. The van der Waals surface area contributed by atoms with E-state index >= 15 is 0 Å². The number of hydrogen-bond donors (Lipinski definition) is 2. The second-order valence-electron chi connectivity index (χ2n) is 12.2. The maximum atomic E-state index is 13.1. The summed E-state index contributed by atoms with van der Waals surface area (Å²) in [6.45, 7) is 9.93. The molecule has 4 rings (SSSR count).